The normalized spacial score (nSPS) is 10.9. The van der Waals surface area contributed by atoms with Crippen molar-refractivity contribution < 1.29 is 13.9 Å². The maximum Gasteiger partial charge on any atom is 0.262 e. The van der Waals surface area contributed by atoms with Gasteiger partial charge in [0.2, 0.25) is 0 Å². The highest BCUT2D eigenvalue weighted by atomic mass is 19.1. The van der Waals surface area contributed by atoms with Crippen LogP contribution in [-0.4, -0.2) is 27.5 Å². The molecule has 0 saturated carbocycles. The third-order valence-corrected chi connectivity index (χ3v) is 4.45. The number of fused-ring (bicyclic) bond motifs is 1. The van der Waals surface area contributed by atoms with Gasteiger partial charge in [-0.2, -0.15) is 4.80 Å². The van der Waals surface area contributed by atoms with Gasteiger partial charge in [0, 0.05) is 5.69 Å². The lowest BCUT2D eigenvalue weighted by molar-refractivity contribution is -0.118. The fourth-order valence-electron chi connectivity index (χ4n) is 2.86. The molecule has 0 atom stereocenters. The van der Waals surface area contributed by atoms with E-state index in [1.807, 2.05) is 44.2 Å². The van der Waals surface area contributed by atoms with Gasteiger partial charge in [0.05, 0.1) is 5.69 Å². The van der Waals surface area contributed by atoms with E-state index in [2.05, 4.69) is 15.5 Å². The summed E-state index contributed by atoms with van der Waals surface area (Å²) in [5.74, 6) is 0.0540. The minimum Gasteiger partial charge on any atom is -0.484 e. The molecule has 1 N–H and O–H groups in total. The zero-order valence-corrected chi connectivity index (χ0v) is 16.0. The average Bonchev–Trinajstić information content (AvgIpc) is 3.11. The first-order valence-electron chi connectivity index (χ1n) is 9.11. The number of carbonyl (C=O) groups excluding carboxylic acids is 1. The lowest BCUT2D eigenvalue weighted by atomic mass is 10.1. The van der Waals surface area contributed by atoms with Gasteiger partial charge in [-0.1, -0.05) is 17.7 Å². The van der Waals surface area contributed by atoms with Gasteiger partial charge in [0.15, 0.2) is 6.61 Å². The van der Waals surface area contributed by atoms with Crippen molar-refractivity contribution in [1.82, 2.24) is 15.0 Å². The summed E-state index contributed by atoms with van der Waals surface area (Å²) in [5, 5.41) is 11.7. The molecular weight excluding hydrogens is 371 g/mol. The molecule has 0 saturated heterocycles. The first-order chi connectivity index (χ1) is 14.0. The Kier molecular flexibility index (Phi) is 4.95. The van der Waals surface area contributed by atoms with Gasteiger partial charge in [-0.15, -0.1) is 10.2 Å². The number of carbonyl (C=O) groups is 1. The van der Waals surface area contributed by atoms with Gasteiger partial charge in [-0.3, -0.25) is 4.79 Å². The molecule has 0 unspecified atom stereocenters. The second-order valence-corrected chi connectivity index (χ2v) is 6.77. The summed E-state index contributed by atoms with van der Waals surface area (Å²) < 4.78 is 18.6. The van der Waals surface area contributed by atoms with Gasteiger partial charge in [0.25, 0.3) is 5.91 Å². The third kappa shape index (κ3) is 4.24. The molecule has 4 aromatic rings. The lowest BCUT2D eigenvalue weighted by Gasteiger charge is -2.09. The van der Waals surface area contributed by atoms with Crippen molar-refractivity contribution in [2.75, 3.05) is 11.9 Å². The minimum atomic E-state index is -0.320. The summed E-state index contributed by atoms with van der Waals surface area (Å²) in [4.78, 5) is 13.7. The molecule has 0 aliphatic rings. The number of nitrogens with zero attached hydrogens (tertiary/aromatic N) is 3. The van der Waals surface area contributed by atoms with Crippen LogP contribution in [0.3, 0.4) is 0 Å². The van der Waals surface area contributed by atoms with E-state index in [-0.39, 0.29) is 18.3 Å². The van der Waals surface area contributed by atoms with E-state index >= 15 is 0 Å². The van der Waals surface area contributed by atoms with E-state index in [0.29, 0.717) is 28.2 Å². The second kappa shape index (κ2) is 7.71. The first kappa shape index (κ1) is 18.6. The van der Waals surface area contributed by atoms with Gasteiger partial charge in [0.1, 0.15) is 22.6 Å². The van der Waals surface area contributed by atoms with E-state index in [9.17, 15) is 9.18 Å². The Bertz CT molecular complexity index is 1170. The first-order valence-corrected chi connectivity index (χ1v) is 9.11. The predicted octanol–water partition coefficient (Wildman–Crippen LogP) is 4.19. The fourth-order valence-corrected chi connectivity index (χ4v) is 2.86. The Hall–Kier alpha value is -3.74. The molecule has 4 rings (SSSR count). The Balaban J connectivity index is 1.49. The van der Waals surface area contributed by atoms with Crippen molar-refractivity contribution in [3.05, 3.63) is 77.6 Å². The summed E-state index contributed by atoms with van der Waals surface area (Å²) in [6, 6.07) is 17.0. The van der Waals surface area contributed by atoms with Crippen molar-refractivity contribution in [2.45, 2.75) is 13.8 Å². The van der Waals surface area contributed by atoms with Crippen LogP contribution < -0.4 is 10.1 Å². The van der Waals surface area contributed by atoms with Gasteiger partial charge < -0.3 is 10.1 Å². The Morgan fingerprint density at radius 1 is 1.00 bits per heavy atom. The van der Waals surface area contributed by atoms with E-state index < -0.39 is 0 Å². The number of hydrogen-bond acceptors (Lipinski definition) is 4. The monoisotopic (exact) mass is 390 g/mol. The van der Waals surface area contributed by atoms with Gasteiger partial charge in [-0.05, 0) is 67.9 Å². The number of amides is 1. The SMILES string of the molecule is Cc1ccc(OCC(=O)Nc2cc3nn(-c4ccc(F)cc4)nc3cc2C)cc1. The number of rotatable bonds is 5. The lowest BCUT2D eigenvalue weighted by Crippen LogP contribution is -2.20. The van der Waals surface area contributed by atoms with Crippen molar-refractivity contribution in [1.29, 1.82) is 0 Å². The summed E-state index contributed by atoms with van der Waals surface area (Å²) in [6.07, 6.45) is 0. The molecule has 0 aliphatic carbocycles. The number of anilines is 1. The van der Waals surface area contributed by atoms with Crippen molar-refractivity contribution in [3.63, 3.8) is 0 Å². The van der Waals surface area contributed by atoms with E-state index in [1.165, 1.54) is 16.9 Å². The Morgan fingerprint density at radius 3 is 2.34 bits per heavy atom. The molecule has 0 bridgehead atoms. The van der Waals surface area contributed by atoms with Gasteiger partial charge in [-0.25, -0.2) is 4.39 Å². The van der Waals surface area contributed by atoms with Crippen LogP contribution >= 0.6 is 0 Å². The molecule has 0 fully saturated rings. The van der Waals surface area contributed by atoms with Crippen LogP contribution in [0.1, 0.15) is 11.1 Å². The maximum atomic E-state index is 13.1. The molecule has 146 valence electrons. The molecule has 3 aromatic carbocycles. The zero-order chi connectivity index (χ0) is 20.4. The highest BCUT2D eigenvalue weighted by Gasteiger charge is 2.11. The number of nitrogens with one attached hydrogen (secondary N) is 1. The number of aromatic nitrogens is 3. The molecule has 7 heteroatoms. The highest BCUT2D eigenvalue weighted by molar-refractivity contribution is 5.95. The Labute approximate surface area is 166 Å². The second-order valence-electron chi connectivity index (χ2n) is 6.77. The molecular formula is C22H19FN4O2. The van der Waals surface area contributed by atoms with Crippen molar-refractivity contribution >= 4 is 22.6 Å². The fraction of sp³-hybridized carbons (Fsp3) is 0.136. The number of benzene rings is 3. The van der Waals surface area contributed by atoms with Crippen LogP contribution in [0, 0.1) is 19.7 Å². The van der Waals surface area contributed by atoms with Gasteiger partial charge >= 0.3 is 0 Å². The standard InChI is InChI=1S/C22H19FN4O2/c1-14-3-9-18(10-4-14)29-13-22(28)24-19-12-21-20(11-15(19)2)25-27(26-21)17-7-5-16(23)6-8-17/h3-12H,13H2,1-2H3,(H,24,28). The van der Waals surface area contributed by atoms with Crippen LogP contribution in [-0.2, 0) is 4.79 Å². The number of aryl methyl sites for hydroxylation is 2. The average molecular weight is 390 g/mol. The predicted molar refractivity (Wildman–Crippen MR) is 109 cm³/mol. The quantitative estimate of drug-likeness (QED) is 0.555. The van der Waals surface area contributed by atoms with Crippen LogP contribution in [0.25, 0.3) is 16.7 Å². The maximum absolute atomic E-state index is 13.1. The molecule has 6 nitrogen and oxygen atoms in total. The topological polar surface area (TPSA) is 69.0 Å². The third-order valence-electron chi connectivity index (χ3n) is 4.45. The molecule has 29 heavy (non-hydrogen) atoms. The summed E-state index contributed by atoms with van der Waals surface area (Å²) >= 11 is 0. The van der Waals surface area contributed by atoms with Crippen molar-refractivity contribution in [3.8, 4) is 11.4 Å². The molecule has 1 amide bonds. The molecule has 0 spiro atoms. The molecule has 0 aliphatic heterocycles. The summed E-state index contributed by atoms with van der Waals surface area (Å²) in [5.41, 5.74) is 4.57. The summed E-state index contributed by atoms with van der Waals surface area (Å²) in [6.45, 7) is 3.78. The van der Waals surface area contributed by atoms with Crippen molar-refractivity contribution in [2.24, 2.45) is 0 Å². The number of halogens is 1. The van der Waals surface area contributed by atoms with Crippen LogP contribution in [0.4, 0.5) is 10.1 Å². The zero-order valence-electron chi connectivity index (χ0n) is 16.0. The highest BCUT2D eigenvalue weighted by Crippen LogP contribution is 2.22. The van der Waals surface area contributed by atoms with Crippen LogP contribution in [0.15, 0.2) is 60.7 Å². The number of hydrogen-bond donors (Lipinski definition) is 1. The Morgan fingerprint density at radius 2 is 1.66 bits per heavy atom. The molecule has 1 heterocycles. The van der Waals surface area contributed by atoms with E-state index in [1.54, 1.807) is 18.2 Å². The smallest absolute Gasteiger partial charge is 0.262 e. The van der Waals surface area contributed by atoms with E-state index in [4.69, 9.17) is 4.74 Å². The molecule has 0 radical (unpaired) electrons. The van der Waals surface area contributed by atoms with Crippen LogP contribution in [0.2, 0.25) is 0 Å². The summed E-state index contributed by atoms with van der Waals surface area (Å²) in [7, 11) is 0. The van der Waals surface area contributed by atoms with Crippen LogP contribution in [0.5, 0.6) is 5.75 Å². The minimum absolute atomic E-state index is 0.0944. The number of ether oxygens (including phenoxy) is 1. The van der Waals surface area contributed by atoms with E-state index in [0.717, 1.165) is 11.1 Å². The largest absolute Gasteiger partial charge is 0.484 e. The molecule has 1 aromatic heterocycles.